The number of benzene rings is 2. The van der Waals surface area contributed by atoms with Crippen LogP contribution in [0.1, 0.15) is 18.1 Å². The van der Waals surface area contributed by atoms with Crippen LogP contribution in [0.2, 0.25) is 5.02 Å². The fourth-order valence-corrected chi connectivity index (χ4v) is 1.99. The van der Waals surface area contributed by atoms with E-state index >= 15 is 0 Å². The van der Waals surface area contributed by atoms with Crippen LogP contribution in [0.25, 0.3) is 0 Å². The van der Waals surface area contributed by atoms with E-state index < -0.39 is 0 Å². The average Bonchev–Trinajstić information content (AvgIpc) is 2.43. The fourth-order valence-electron chi connectivity index (χ4n) is 1.74. The summed E-state index contributed by atoms with van der Waals surface area (Å²) in [5, 5.41) is 9.64. The average molecular weight is 273 g/mol. The third kappa shape index (κ3) is 2.81. The van der Waals surface area contributed by atoms with Gasteiger partial charge in [-0.25, -0.2) is 0 Å². The summed E-state index contributed by atoms with van der Waals surface area (Å²) in [6.45, 7) is 2.02. The van der Waals surface area contributed by atoms with Gasteiger partial charge in [-0.3, -0.25) is 0 Å². The first kappa shape index (κ1) is 13.3. The first-order valence-corrected chi connectivity index (χ1v) is 6.28. The van der Waals surface area contributed by atoms with Gasteiger partial charge >= 0.3 is 0 Å². The minimum Gasteiger partial charge on any atom is -0.455 e. The number of nitrogens with two attached hydrogens (primary N) is 1. The second kappa shape index (κ2) is 5.64. The normalized spacial score (nSPS) is 9.95. The van der Waals surface area contributed by atoms with Crippen LogP contribution in [-0.4, -0.2) is 0 Å². The molecule has 0 aliphatic carbocycles. The minimum atomic E-state index is 0.345. The molecule has 3 nitrogen and oxygen atoms in total. The molecule has 0 fully saturated rings. The summed E-state index contributed by atoms with van der Waals surface area (Å²) in [6.07, 6.45) is 0.823. The highest BCUT2D eigenvalue weighted by Gasteiger charge is 2.08. The number of anilines is 1. The van der Waals surface area contributed by atoms with E-state index in [1.165, 1.54) is 0 Å². The zero-order valence-electron chi connectivity index (χ0n) is 10.5. The van der Waals surface area contributed by atoms with Gasteiger partial charge in [0.25, 0.3) is 0 Å². The Morgan fingerprint density at radius 2 is 2.11 bits per heavy atom. The van der Waals surface area contributed by atoms with Crippen molar-refractivity contribution in [3.8, 4) is 17.6 Å². The van der Waals surface area contributed by atoms with Gasteiger partial charge < -0.3 is 10.5 Å². The molecule has 0 saturated heterocycles. The second-order valence-electron chi connectivity index (χ2n) is 4.04. The number of hydrogen-bond acceptors (Lipinski definition) is 3. The molecule has 2 aromatic carbocycles. The van der Waals surface area contributed by atoms with Crippen LogP contribution in [0.3, 0.4) is 0 Å². The topological polar surface area (TPSA) is 59.0 Å². The van der Waals surface area contributed by atoms with Gasteiger partial charge in [0, 0.05) is 5.02 Å². The first-order chi connectivity index (χ1) is 9.15. The molecule has 0 aromatic heterocycles. The largest absolute Gasteiger partial charge is 0.455 e. The summed E-state index contributed by atoms with van der Waals surface area (Å²) < 4.78 is 5.71. The summed E-state index contributed by atoms with van der Waals surface area (Å²) >= 11 is 6.05. The minimum absolute atomic E-state index is 0.345. The zero-order chi connectivity index (χ0) is 13.8. The molecule has 0 heterocycles. The van der Waals surface area contributed by atoms with Gasteiger partial charge in [0.1, 0.15) is 11.8 Å². The van der Waals surface area contributed by atoms with Crippen LogP contribution >= 0.6 is 11.6 Å². The van der Waals surface area contributed by atoms with E-state index in [0.29, 0.717) is 27.8 Å². The Hall–Kier alpha value is -2.18. The van der Waals surface area contributed by atoms with Gasteiger partial charge in [-0.05, 0) is 42.3 Å². The van der Waals surface area contributed by atoms with Crippen molar-refractivity contribution in [3.63, 3.8) is 0 Å². The van der Waals surface area contributed by atoms with Crippen molar-refractivity contribution in [1.82, 2.24) is 0 Å². The maximum absolute atomic E-state index is 8.92. The summed E-state index contributed by atoms with van der Waals surface area (Å²) in [5.74, 6) is 1.13. The van der Waals surface area contributed by atoms with E-state index in [2.05, 4.69) is 0 Å². The third-order valence-corrected chi connectivity index (χ3v) is 3.18. The molecule has 0 spiro atoms. The smallest absolute Gasteiger partial charge is 0.151 e. The number of nitrogen functional groups attached to an aromatic ring is 1. The Morgan fingerprint density at radius 3 is 2.79 bits per heavy atom. The van der Waals surface area contributed by atoms with Crippen molar-refractivity contribution < 1.29 is 4.74 Å². The van der Waals surface area contributed by atoms with Crippen molar-refractivity contribution in [3.05, 3.63) is 52.5 Å². The number of halogens is 1. The lowest BCUT2D eigenvalue weighted by Gasteiger charge is -2.10. The van der Waals surface area contributed by atoms with Crippen LogP contribution in [-0.2, 0) is 6.42 Å². The molecule has 0 radical (unpaired) electrons. The number of para-hydroxylation sites is 1. The quantitative estimate of drug-likeness (QED) is 0.854. The van der Waals surface area contributed by atoms with Gasteiger partial charge in [0.05, 0.1) is 11.3 Å². The summed E-state index contributed by atoms with van der Waals surface area (Å²) in [4.78, 5) is 0. The van der Waals surface area contributed by atoms with Crippen LogP contribution in [0.4, 0.5) is 5.69 Å². The molecule has 0 saturated carbocycles. The maximum atomic E-state index is 8.92. The first-order valence-electron chi connectivity index (χ1n) is 5.90. The van der Waals surface area contributed by atoms with Crippen molar-refractivity contribution >= 4 is 17.3 Å². The van der Waals surface area contributed by atoms with Crippen LogP contribution < -0.4 is 10.5 Å². The maximum Gasteiger partial charge on any atom is 0.151 e. The molecule has 0 atom stereocenters. The molecule has 2 aromatic rings. The molecule has 19 heavy (non-hydrogen) atoms. The third-order valence-electron chi connectivity index (χ3n) is 2.81. The van der Waals surface area contributed by atoms with Crippen molar-refractivity contribution in [1.29, 1.82) is 5.26 Å². The predicted octanol–water partition coefficient (Wildman–Crippen LogP) is 4.15. The SMILES string of the molecule is CCc1cc(Oc2cccc(C#N)c2N)ccc1Cl. The molecule has 0 aliphatic heterocycles. The number of aryl methyl sites for hydroxylation is 1. The highest BCUT2D eigenvalue weighted by molar-refractivity contribution is 6.31. The van der Waals surface area contributed by atoms with Gasteiger partial charge in [-0.2, -0.15) is 5.26 Å². The standard InChI is InChI=1S/C15H13ClN2O/c1-2-10-8-12(6-7-13(10)16)19-14-5-3-4-11(9-17)15(14)18/h3-8H,2,18H2,1H3. The summed E-state index contributed by atoms with van der Waals surface area (Å²) in [7, 11) is 0. The number of rotatable bonds is 3. The van der Waals surface area contributed by atoms with Crippen molar-refractivity contribution in [2.24, 2.45) is 0 Å². The number of nitriles is 1. The molecule has 0 aliphatic rings. The van der Waals surface area contributed by atoms with E-state index in [4.69, 9.17) is 27.3 Å². The molecular weight excluding hydrogens is 260 g/mol. The second-order valence-corrected chi connectivity index (χ2v) is 4.45. The summed E-state index contributed by atoms with van der Waals surface area (Å²) in [6, 6.07) is 12.6. The van der Waals surface area contributed by atoms with E-state index in [9.17, 15) is 0 Å². The lowest BCUT2D eigenvalue weighted by atomic mass is 10.1. The number of ether oxygens (including phenoxy) is 1. The van der Waals surface area contributed by atoms with Crippen LogP contribution in [0.5, 0.6) is 11.5 Å². The van der Waals surface area contributed by atoms with Crippen LogP contribution in [0, 0.1) is 11.3 Å². The van der Waals surface area contributed by atoms with Gasteiger partial charge in [-0.1, -0.05) is 24.6 Å². The van der Waals surface area contributed by atoms with E-state index in [1.807, 2.05) is 19.1 Å². The Labute approximate surface area is 117 Å². The zero-order valence-corrected chi connectivity index (χ0v) is 11.2. The van der Waals surface area contributed by atoms with Crippen LogP contribution in [0.15, 0.2) is 36.4 Å². The molecule has 0 unspecified atom stereocenters. The monoisotopic (exact) mass is 272 g/mol. The van der Waals surface area contributed by atoms with Gasteiger partial charge in [-0.15, -0.1) is 0 Å². The molecule has 2 N–H and O–H groups in total. The Balaban J connectivity index is 2.34. The number of nitrogens with zero attached hydrogens (tertiary/aromatic N) is 1. The highest BCUT2D eigenvalue weighted by Crippen LogP contribution is 2.31. The Bertz CT molecular complexity index is 647. The highest BCUT2D eigenvalue weighted by atomic mass is 35.5. The van der Waals surface area contributed by atoms with E-state index in [-0.39, 0.29) is 0 Å². The molecule has 0 bridgehead atoms. The predicted molar refractivity (Wildman–Crippen MR) is 76.5 cm³/mol. The Morgan fingerprint density at radius 1 is 1.32 bits per heavy atom. The van der Waals surface area contributed by atoms with E-state index in [0.717, 1.165) is 12.0 Å². The van der Waals surface area contributed by atoms with Crippen molar-refractivity contribution in [2.75, 3.05) is 5.73 Å². The Kier molecular flexibility index (Phi) is 3.94. The lowest BCUT2D eigenvalue weighted by molar-refractivity contribution is 0.484. The molecule has 4 heteroatoms. The fraction of sp³-hybridized carbons (Fsp3) is 0.133. The van der Waals surface area contributed by atoms with Gasteiger partial charge in [0.2, 0.25) is 0 Å². The lowest BCUT2D eigenvalue weighted by Crippen LogP contribution is -1.95. The van der Waals surface area contributed by atoms with Crippen molar-refractivity contribution in [2.45, 2.75) is 13.3 Å². The number of hydrogen-bond donors (Lipinski definition) is 1. The van der Waals surface area contributed by atoms with E-state index in [1.54, 1.807) is 30.3 Å². The summed E-state index contributed by atoms with van der Waals surface area (Å²) in [5.41, 5.74) is 7.63. The molecule has 2 rings (SSSR count). The van der Waals surface area contributed by atoms with Gasteiger partial charge in [0.15, 0.2) is 5.75 Å². The molecular formula is C15H13ClN2O. The molecule has 96 valence electrons. The molecule has 0 amide bonds.